The zero-order chi connectivity index (χ0) is 29.9. The third-order valence-corrected chi connectivity index (χ3v) is 12.3. The van der Waals surface area contributed by atoms with Gasteiger partial charge in [-0.15, -0.1) is 0 Å². The van der Waals surface area contributed by atoms with Crippen LogP contribution in [0.5, 0.6) is 0 Å². The van der Waals surface area contributed by atoms with E-state index in [0.717, 1.165) is 30.7 Å². The second-order valence-corrected chi connectivity index (χ2v) is 16.8. The third-order valence-electron chi connectivity index (χ3n) is 8.38. The van der Waals surface area contributed by atoms with Crippen molar-refractivity contribution in [2.75, 3.05) is 24.6 Å². The van der Waals surface area contributed by atoms with Crippen molar-refractivity contribution < 1.29 is 27.9 Å². The summed E-state index contributed by atoms with van der Waals surface area (Å²) < 4.78 is 30.8. The van der Waals surface area contributed by atoms with E-state index in [1.165, 1.54) is 0 Å². The average Bonchev–Trinajstić information content (AvgIpc) is 3.45. The van der Waals surface area contributed by atoms with E-state index in [1.54, 1.807) is 0 Å². The Morgan fingerprint density at radius 3 is 2.54 bits per heavy atom. The number of nitrogens with one attached hydrogen (secondary N) is 2. The van der Waals surface area contributed by atoms with Crippen LogP contribution in [0.25, 0.3) is 0 Å². The molecule has 3 saturated heterocycles. The first-order chi connectivity index (χ1) is 19.2. The molecule has 4 rings (SSSR count). The first kappa shape index (κ1) is 32.1. The fourth-order valence-electron chi connectivity index (χ4n) is 6.51. The lowest BCUT2D eigenvalue weighted by atomic mass is 9.89. The van der Waals surface area contributed by atoms with Crippen molar-refractivity contribution in [2.45, 2.75) is 101 Å². The lowest BCUT2D eigenvalue weighted by Gasteiger charge is -2.43. The molecule has 3 heterocycles. The van der Waals surface area contributed by atoms with Gasteiger partial charge in [0, 0.05) is 23.9 Å². The Hall–Kier alpha value is -1.82. The molecule has 9 nitrogen and oxygen atoms in total. The molecule has 3 aliphatic heterocycles. The van der Waals surface area contributed by atoms with Crippen LogP contribution in [0, 0.1) is 11.8 Å². The predicted octanol–water partition coefficient (Wildman–Crippen LogP) is 3.01. The van der Waals surface area contributed by atoms with Crippen LogP contribution in [-0.2, 0) is 25.8 Å². The van der Waals surface area contributed by atoms with E-state index in [9.17, 15) is 23.1 Å². The Morgan fingerprint density at radius 2 is 1.88 bits per heavy atom. The summed E-state index contributed by atoms with van der Waals surface area (Å²) in [5, 5.41) is 17.3. The first-order valence-corrected chi connectivity index (χ1v) is 17.6. The Kier molecular flexibility index (Phi) is 10.4. The van der Waals surface area contributed by atoms with Crippen molar-refractivity contribution in [3.63, 3.8) is 0 Å². The number of hydrogen-bond donors (Lipinski definition) is 3. The highest BCUT2D eigenvalue weighted by molar-refractivity contribution is 8.00. The van der Waals surface area contributed by atoms with E-state index in [1.807, 2.05) is 76.7 Å². The maximum atomic E-state index is 13.4. The Bertz CT molecular complexity index is 1160. The number of β-amino-alcohol motifs (C(OH)–C–C–N with tert-alkyl or cyclic N) is 1. The quantitative estimate of drug-likeness (QED) is 0.390. The summed E-state index contributed by atoms with van der Waals surface area (Å²) in [7, 11) is -3.33. The molecule has 3 aliphatic rings. The lowest BCUT2D eigenvalue weighted by Crippen LogP contribution is -2.60. The van der Waals surface area contributed by atoms with Gasteiger partial charge in [-0.3, -0.25) is 9.69 Å². The van der Waals surface area contributed by atoms with Crippen LogP contribution >= 0.6 is 11.8 Å². The highest BCUT2D eigenvalue weighted by Gasteiger charge is 2.45. The fraction of sp³-hybridized carbons (Fsp3) is 0.733. The molecule has 0 bridgehead atoms. The first-order valence-electron chi connectivity index (χ1n) is 14.8. The van der Waals surface area contributed by atoms with Gasteiger partial charge < -0.3 is 20.5 Å². The molecular formula is C30H47N3O6S2. The van der Waals surface area contributed by atoms with E-state index in [4.69, 9.17) is 4.74 Å². The summed E-state index contributed by atoms with van der Waals surface area (Å²) in [6.07, 6.45) is 0.0203. The number of fused-ring (bicyclic) bond motifs is 1. The summed E-state index contributed by atoms with van der Waals surface area (Å²) in [4.78, 5) is 28.6. The molecule has 2 amide bonds. The summed E-state index contributed by atoms with van der Waals surface area (Å²) in [6, 6.07) is 8.54. The number of piperidine rings is 1. The third kappa shape index (κ3) is 8.39. The highest BCUT2D eigenvalue weighted by atomic mass is 32.2. The van der Waals surface area contributed by atoms with E-state index >= 15 is 0 Å². The molecule has 7 atom stereocenters. The molecule has 230 valence electrons. The van der Waals surface area contributed by atoms with Crippen LogP contribution in [0.4, 0.5) is 4.79 Å². The number of amides is 2. The molecule has 0 spiro atoms. The zero-order valence-electron chi connectivity index (χ0n) is 24.9. The van der Waals surface area contributed by atoms with E-state index in [0.29, 0.717) is 17.6 Å². The predicted molar refractivity (Wildman–Crippen MR) is 163 cm³/mol. The zero-order valence-corrected chi connectivity index (χ0v) is 26.5. The number of aliphatic hydroxyl groups excluding tert-OH is 1. The van der Waals surface area contributed by atoms with Crippen molar-refractivity contribution in [1.29, 1.82) is 0 Å². The minimum Gasteiger partial charge on any atom is -0.445 e. The van der Waals surface area contributed by atoms with Gasteiger partial charge in [0.05, 0.1) is 23.9 Å². The van der Waals surface area contributed by atoms with Gasteiger partial charge >= 0.3 is 6.09 Å². The summed E-state index contributed by atoms with van der Waals surface area (Å²) in [5.74, 6) is 1.33. The standard InChI is InChI=1S/C30H47N3O6S2/c1-19(2)27-25(12-14-41(27,37)38)39-29(36)31-22(15-20-9-7-6-8-10-20)24(34)18-33-17-21-11-13-40-26(21)16-23(33)28(35)32-30(3,4)5/h6-10,19,21-27,34H,11-18H2,1-5H3,(H,31,36)(H,32,35)/t21-,22+,23+,24-,25-,26+,27-/m1/s1. The molecule has 1 aromatic carbocycles. The lowest BCUT2D eigenvalue weighted by molar-refractivity contribution is -0.130. The number of benzene rings is 1. The molecule has 0 radical (unpaired) electrons. The smallest absolute Gasteiger partial charge is 0.407 e. The minimum absolute atomic E-state index is 0.00269. The normalized spacial score (nSPS) is 29.5. The number of ether oxygens (including phenoxy) is 1. The Balaban J connectivity index is 1.50. The molecule has 0 aromatic heterocycles. The van der Waals surface area contributed by atoms with Crippen molar-refractivity contribution in [2.24, 2.45) is 11.8 Å². The minimum atomic E-state index is -3.33. The van der Waals surface area contributed by atoms with Crippen molar-refractivity contribution in [3.05, 3.63) is 35.9 Å². The van der Waals surface area contributed by atoms with Gasteiger partial charge in [-0.25, -0.2) is 13.2 Å². The van der Waals surface area contributed by atoms with Gasteiger partial charge in [-0.1, -0.05) is 44.2 Å². The number of hydrogen-bond acceptors (Lipinski definition) is 8. The van der Waals surface area contributed by atoms with Gasteiger partial charge in [0.2, 0.25) is 5.91 Å². The van der Waals surface area contributed by atoms with Gasteiger partial charge in [0.1, 0.15) is 11.4 Å². The number of thioether (sulfide) groups is 1. The maximum Gasteiger partial charge on any atom is 0.407 e. The second-order valence-electron chi connectivity index (χ2n) is 13.2. The van der Waals surface area contributed by atoms with Gasteiger partial charge in [-0.05, 0) is 69.6 Å². The second kappa shape index (κ2) is 13.2. The molecular weight excluding hydrogens is 562 g/mol. The number of likely N-dealkylation sites (tertiary alicyclic amines) is 1. The molecule has 11 heteroatoms. The van der Waals surface area contributed by atoms with Gasteiger partial charge in [-0.2, -0.15) is 11.8 Å². The van der Waals surface area contributed by atoms with Crippen LogP contribution in [0.2, 0.25) is 0 Å². The molecule has 0 saturated carbocycles. The number of rotatable bonds is 9. The highest BCUT2D eigenvalue weighted by Crippen LogP contribution is 2.40. The van der Waals surface area contributed by atoms with E-state index in [2.05, 4.69) is 15.5 Å². The van der Waals surface area contributed by atoms with Gasteiger partial charge in [0.25, 0.3) is 0 Å². The number of aliphatic hydroxyl groups is 1. The van der Waals surface area contributed by atoms with Crippen molar-refractivity contribution in [3.8, 4) is 0 Å². The monoisotopic (exact) mass is 609 g/mol. The van der Waals surface area contributed by atoms with E-state index < -0.39 is 39.4 Å². The molecule has 1 aromatic rings. The molecule has 41 heavy (non-hydrogen) atoms. The van der Waals surface area contributed by atoms with Crippen LogP contribution in [0.1, 0.15) is 59.4 Å². The summed E-state index contributed by atoms with van der Waals surface area (Å²) >= 11 is 1.93. The molecule has 0 unspecified atom stereocenters. The molecule has 3 fully saturated rings. The molecule has 3 N–H and O–H groups in total. The number of nitrogens with zero attached hydrogens (tertiary/aromatic N) is 1. The largest absolute Gasteiger partial charge is 0.445 e. The Morgan fingerprint density at radius 1 is 1.17 bits per heavy atom. The maximum absolute atomic E-state index is 13.4. The number of sulfone groups is 1. The van der Waals surface area contributed by atoms with Crippen molar-refractivity contribution >= 4 is 33.6 Å². The number of carbonyl (C=O) groups is 2. The summed E-state index contributed by atoms with van der Waals surface area (Å²) in [5.41, 5.74) is 0.567. The van der Waals surface area contributed by atoms with Crippen LogP contribution < -0.4 is 10.6 Å². The Labute approximate surface area is 249 Å². The average molecular weight is 610 g/mol. The SMILES string of the molecule is CC(C)[C@@H]1[C@H](OC(=O)N[C@@H](Cc2ccccc2)[C@H](O)CN2C[C@H]3CCS[C@H]3C[C@H]2C(=O)NC(C)(C)C)CCS1(=O)=O. The fourth-order valence-corrected chi connectivity index (χ4v) is 10.4. The number of alkyl carbamates (subject to hydrolysis) is 1. The summed E-state index contributed by atoms with van der Waals surface area (Å²) in [6.45, 7) is 10.5. The van der Waals surface area contributed by atoms with Gasteiger partial charge in [0.15, 0.2) is 9.84 Å². The van der Waals surface area contributed by atoms with Crippen LogP contribution in [0.3, 0.4) is 0 Å². The topological polar surface area (TPSA) is 125 Å². The molecule has 0 aliphatic carbocycles. The number of carbonyl (C=O) groups excluding carboxylic acids is 2. The van der Waals surface area contributed by atoms with Crippen LogP contribution in [-0.4, -0.2) is 95.4 Å². The van der Waals surface area contributed by atoms with Crippen LogP contribution in [0.15, 0.2) is 30.3 Å². The van der Waals surface area contributed by atoms with Crippen molar-refractivity contribution in [1.82, 2.24) is 15.5 Å². The van der Waals surface area contributed by atoms with E-state index in [-0.39, 0.29) is 42.1 Å².